The molecule has 4 rings (SSSR count). The zero-order valence-electron chi connectivity index (χ0n) is 17.2. The number of amides is 1. The van der Waals surface area contributed by atoms with Gasteiger partial charge in [0.2, 0.25) is 11.9 Å². The topological polar surface area (TPSA) is 67.3 Å². The lowest BCUT2D eigenvalue weighted by Crippen LogP contribution is -2.35. The minimum absolute atomic E-state index is 0.0120. The fourth-order valence-electron chi connectivity index (χ4n) is 4.21. The van der Waals surface area contributed by atoms with Crippen LogP contribution in [-0.2, 0) is 24.2 Å². The summed E-state index contributed by atoms with van der Waals surface area (Å²) in [5.74, 6) is 1.80. The van der Waals surface area contributed by atoms with Crippen LogP contribution in [0.5, 0.6) is 5.75 Å². The van der Waals surface area contributed by atoms with Gasteiger partial charge in [0, 0.05) is 37.4 Å². The summed E-state index contributed by atoms with van der Waals surface area (Å²) in [7, 11) is 0. The summed E-state index contributed by atoms with van der Waals surface area (Å²) in [6, 6.07) is 7.89. The Hall–Kier alpha value is -2.63. The molecule has 2 heterocycles. The average Bonchev–Trinajstić information content (AvgIpc) is 2.78. The van der Waals surface area contributed by atoms with E-state index in [1.807, 2.05) is 37.4 Å². The van der Waals surface area contributed by atoms with Crippen LogP contribution in [-0.4, -0.2) is 35.6 Å². The van der Waals surface area contributed by atoms with Gasteiger partial charge >= 0.3 is 0 Å². The number of nitrogens with one attached hydrogen (secondary N) is 1. The standard InChI is InChI=1S/C23H30N4O2/c1-2-29-20-8-6-7-17(13-20)15-24-22(28)18-9-10-21-19(14-18)16-25-23(26-21)27-11-4-3-5-12-27/h6-8,13,16,18H,2-5,9-12,14-15H2,1H3,(H,24,28)/t18-/m0/s1. The van der Waals surface area contributed by atoms with Gasteiger partial charge in [-0.1, -0.05) is 12.1 Å². The van der Waals surface area contributed by atoms with Crippen molar-refractivity contribution in [1.82, 2.24) is 15.3 Å². The number of carbonyl (C=O) groups excluding carboxylic acids is 1. The summed E-state index contributed by atoms with van der Waals surface area (Å²) in [5.41, 5.74) is 3.29. The first-order valence-electron chi connectivity index (χ1n) is 10.8. The van der Waals surface area contributed by atoms with Gasteiger partial charge in [0.05, 0.1) is 6.61 Å². The Labute approximate surface area is 172 Å². The molecule has 1 fully saturated rings. The zero-order chi connectivity index (χ0) is 20.1. The Morgan fingerprint density at radius 3 is 2.97 bits per heavy atom. The Morgan fingerprint density at radius 2 is 2.14 bits per heavy atom. The minimum Gasteiger partial charge on any atom is -0.494 e. The number of fused-ring (bicyclic) bond motifs is 1. The number of benzene rings is 1. The summed E-state index contributed by atoms with van der Waals surface area (Å²) < 4.78 is 5.53. The lowest BCUT2D eigenvalue weighted by molar-refractivity contribution is -0.125. The van der Waals surface area contributed by atoms with E-state index >= 15 is 0 Å². The second-order valence-electron chi connectivity index (χ2n) is 7.93. The zero-order valence-corrected chi connectivity index (χ0v) is 17.2. The van der Waals surface area contributed by atoms with Crippen molar-refractivity contribution in [1.29, 1.82) is 0 Å². The van der Waals surface area contributed by atoms with Gasteiger partial charge in [-0.25, -0.2) is 9.97 Å². The van der Waals surface area contributed by atoms with Crippen LogP contribution >= 0.6 is 0 Å². The molecule has 1 aromatic heterocycles. The number of anilines is 1. The van der Waals surface area contributed by atoms with Gasteiger partial charge in [-0.05, 0) is 68.7 Å². The smallest absolute Gasteiger partial charge is 0.225 e. The molecule has 1 aliphatic carbocycles. The second kappa shape index (κ2) is 9.25. The van der Waals surface area contributed by atoms with Crippen molar-refractivity contribution < 1.29 is 9.53 Å². The molecule has 154 valence electrons. The SMILES string of the molecule is CCOc1cccc(CNC(=O)[C@H]2CCc3nc(N4CCCCC4)ncc3C2)c1. The first-order chi connectivity index (χ1) is 14.2. The largest absolute Gasteiger partial charge is 0.494 e. The molecular formula is C23H30N4O2. The van der Waals surface area contributed by atoms with Gasteiger partial charge < -0.3 is 15.0 Å². The summed E-state index contributed by atoms with van der Waals surface area (Å²) in [6.07, 6.45) is 8.09. The van der Waals surface area contributed by atoms with Gasteiger partial charge in [-0.15, -0.1) is 0 Å². The molecule has 0 radical (unpaired) electrons. The number of hydrogen-bond donors (Lipinski definition) is 1. The maximum Gasteiger partial charge on any atom is 0.225 e. The van der Waals surface area contributed by atoms with E-state index < -0.39 is 0 Å². The quantitative estimate of drug-likeness (QED) is 0.814. The third kappa shape index (κ3) is 4.86. The predicted molar refractivity (Wildman–Crippen MR) is 113 cm³/mol. The van der Waals surface area contributed by atoms with Gasteiger partial charge in [0.1, 0.15) is 5.75 Å². The van der Waals surface area contributed by atoms with E-state index in [9.17, 15) is 4.79 Å². The fraction of sp³-hybridized carbons (Fsp3) is 0.522. The Morgan fingerprint density at radius 1 is 1.28 bits per heavy atom. The number of hydrogen-bond acceptors (Lipinski definition) is 5. The molecule has 6 nitrogen and oxygen atoms in total. The molecule has 29 heavy (non-hydrogen) atoms. The average molecular weight is 395 g/mol. The van der Waals surface area contributed by atoms with Crippen LogP contribution in [0.25, 0.3) is 0 Å². The molecule has 1 N–H and O–H groups in total. The van der Waals surface area contributed by atoms with Crippen molar-refractivity contribution >= 4 is 11.9 Å². The van der Waals surface area contributed by atoms with Crippen molar-refractivity contribution in [3.8, 4) is 5.75 Å². The molecule has 1 aliphatic heterocycles. The Balaban J connectivity index is 1.34. The van der Waals surface area contributed by atoms with E-state index in [2.05, 4.69) is 15.2 Å². The number of piperidine rings is 1. The van der Waals surface area contributed by atoms with Crippen molar-refractivity contribution in [3.05, 3.63) is 47.3 Å². The van der Waals surface area contributed by atoms with Crippen LogP contribution < -0.4 is 15.0 Å². The van der Waals surface area contributed by atoms with Gasteiger partial charge in [0.25, 0.3) is 0 Å². The van der Waals surface area contributed by atoms with Crippen LogP contribution in [0.1, 0.15) is 49.4 Å². The van der Waals surface area contributed by atoms with Crippen LogP contribution in [0.4, 0.5) is 5.95 Å². The first kappa shape index (κ1) is 19.7. The minimum atomic E-state index is -0.0120. The number of aromatic nitrogens is 2. The van der Waals surface area contributed by atoms with Crippen LogP contribution in [0.2, 0.25) is 0 Å². The van der Waals surface area contributed by atoms with E-state index in [0.29, 0.717) is 13.2 Å². The second-order valence-corrected chi connectivity index (χ2v) is 7.93. The summed E-state index contributed by atoms with van der Waals surface area (Å²) >= 11 is 0. The predicted octanol–water partition coefficient (Wildman–Crippen LogP) is 3.29. The van der Waals surface area contributed by atoms with Crippen molar-refractivity contribution in [2.24, 2.45) is 5.92 Å². The highest BCUT2D eigenvalue weighted by molar-refractivity contribution is 5.79. The van der Waals surface area contributed by atoms with Gasteiger partial charge in [0.15, 0.2) is 0 Å². The molecule has 0 unspecified atom stereocenters. The molecule has 2 aromatic rings. The van der Waals surface area contributed by atoms with Crippen LogP contribution in [0.3, 0.4) is 0 Å². The lowest BCUT2D eigenvalue weighted by Gasteiger charge is -2.28. The normalized spacial score (nSPS) is 18.8. The third-order valence-corrected chi connectivity index (χ3v) is 5.82. The van der Waals surface area contributed by atoms with Crippen molar-refractivity contribution in [3.63, 3.8) is 0 Å². The summed E-state index contributed by atoms with van der Waals surface area (Å²) in [6.45, 7) is 5.23. The van der Waals surface area contributed by atoms with Gasteiger partial charge in [-0.2, -0.15) is 0 Å². The molecule has 1 atom stereocenters. The molecule has 1 amide bonds. The Kier molecular flexibility index (Phi) is 6.27. The molecular weight excluding hydrogens is 364 g/mol. The molecule has 0 spiro atoms. The van der Waals surface area contributed by atoms with Crippen LogP contribution in [0.15, 0.2) is 30.5 Å². The molecule has 2 aliphatic rings. The van der Waals surface area contributed by atoms with E-state index in [-0.39, 0.29) is 11.8 Å². The fourth-order valence-corrected chi connectivity index (χ4v) is 4.21. The highest BCUT2D eigenvalue weighted by Gasteiger charge is 2.26. The van der Waals surface area contributed by atoms with Gasteiger partial charge in [-0.3, -0.25) is 4.79 Å². The molecule has 0 saturated carbocycles. The van der Waals surface area contributed by atoms with E-state index in [1.165, 1.54) is 19.3 Å². The maximum absolute atomic E-state index is 12.7. The van der Waals surface area contributed by atoms with Crippen molar-refractivity contribution in [2.45, 2.75) is 52.0 Å². The Bertz CT molecular complexity index is 849. The number of carbonyl (C=O) groups is 1. The molecule has 1 saturated heterocycles. The first-order valence-corrected chi connectivity index (χ1v) is 10.8. The number of rotatable bonds is 6. The molecule has 6 heteroatoms. The van der Waals surface area contributed by atoms with E-state index in [1.54, 1.807) is 0 Å². The lowest BCUT2D eigenvalue weighted by atomic mass is 9.86. The van der Waals surface area contributed by atoms with Crippen LogP contribution in [0, 0.1) is 5.92 Å². The number of aryl methyl sites for hydroxylation is 1. The number of ether oxygens (including phenoxy) is 1. The summed E-state index contributed by atoms with van der Waals surface area (Å²) in [4.78, 5) is 24.4. The summed E-state index contributed by atoms with van der Waals surface area (Å²) in [5, 5.41) is 3.09. The van der Waals surface area contributed by atoms with Crippen molar-refractivity contribution in [2.75, 3.05) is 24.6 Å². The molecule has 0 bridgehead atoms. The number of nitrogens with zero attached hydrogens (tertiary/aromatic N) is 3. The maximum atomic E-state index is 12.7. The van der Waals surface area contributed by atoms with E-state index in [0.717, 1.165) is 60.9 Å². The third-order valence-electron chi connectivity index (χ3n) is 5.82. The molecule has 1 aromatic carbocycles. The highest BCUT2D eigenvalue weighted by Crippen LogP contribution is 2.26. The van der Waals surface area contributed by atoms with E-state index in [4.69, 9.17) is 9.72 Å². The highest BCUT2D eigenvalue weighted by atomic mass is 16.5. The monoisotopic (exact) mass is 394 g/mol.